The molecule has 4 aliphatic carbocycles. The summed E-state index contributed by atoms with van der Waals surface area (Å²) in [4.78, 5) is 57.9. The van der Waals surface area contributed by atoms with E-state index in [2.05, 4.69) is 31.8 Å². The van der Waals surface area contributed by atoms with Crippen molar-refractivity contribution < 1.29 is 33.9 Å². The molecule has 10 unspecified atom stereocenters. The van der Waals surface area contributed by atoms with Gasteiger partial charge in [-0.3, -0.25) is 14.4 Å². The van der Waals surface area contributed by atoms with Gasteiger partial charge in [0.15, 0.2) is 8.30 Å². The van der Waals surface area contributed by atoms with E-state index in [-0.39, 0.29) is 36.8 Å². The average molecular weight is 621 g/mol. The van der Waals surface area contributed by atoms with Crippen LogP contribution in [0.5, 0.6) is 0 Å². The van der Waals surface area contributed by atoms with Gasteiger partial charge >= 0.3 is 17.9 Å². The minimum atomic E-state index is -2.28. The second-order valence-electron chi connectivity index (χ2n) is 14.3. The zero-order valence-corrected chi connectivity index (χ0v) is 26.8. The van der Waals surface area contributed by atoms with Crippen molar-refractivity contribution in [2.75, 3.05) is 13.0 Å². The molecule has 4 aliphatic rings. The second kappa shape index (κ2) is 14.3. The number of carboxylic acids is 1. The molecule has 10 nitrogen and oxygen atoms in total. The molecule has 0 saturated heterocycles. The first-order valence-electron chi connectivity index (χ1n) is 16.2. The molecule has 0 radical (unpaired) electrons. The molecule has 0 amide bonds. The predicted octanol–water partition coefficient (Wildman–Crippen LogP) is 6.80. The fourth-order valence-corrected chi connectivity index (χ4v) is 10.9. The molecular weight excluding hydrogens is 571 g/mol. The quantitative estimate of drug-likeness (QED) is 0.0975. The maximum Gasteiger partial charge on any atom is 0.308 e. The third-order valence-corrected chi connectivity index (χ3v) is 13.3. The first kappa shape index (κ1) is 33.8. The van der Waals surface area contributed by atoms with Gasteiger partial charge in [-0.05, 0) is 109 Å². The summed E-state index contributed by atoms with van der Waals surface area (Å²) in [5, 5.41) is 19.5. The van der Waals surface area contributed by atoms with E-state index in [0.717, 1.165) is 12.8 Å². The van der Waals surface area contributed by atoms with Crippen LogP contribution in [0, 0.1) is 74.4 Å². The molecule has 0 aromatic carbocycles. The van der Waals surface area contributed by atoms with Crippen LogP contribution >= 0.6 is 8.30 Å². The molecule has 4 rings (SSSR count). The SMILES string of the molecule is C[C@H](CCC(=O)OCOC(=O)CCC(CP(O)N=O)C(=O)O)C1CCC2C3C(C#N)CC4CCCCC4(C)C3CCC21C. The molecule has 240 valence electrons. The number of fused-ring (bicyclic) bond motifs is 5. The van der Waals surface area contributed by atoms with Crippen LogP contribution in [0.1, 0.15) is 104 Å². The van der Waals surface area contributed by atoms with Crippen LogP contribution in [0.2, 0.25) is 0 Å². The Hall–Kier alpha value is -2.11. The Bertz CT molecular complexity index is 1080. The van der Waals surface area contributed by atoms with Crippen LogP contribution in [0.4, 0.5) is 0 Å². The molecule has 0 heterocycles. The highest BCUT2D eigenvalue weighted by Gasteiger charge is 2.62. The van der Waals surface area contributed by atoms with Gasteiger partial charge in [-0.15, -0.1) is 4.91 Å². The Labute approximate surface area is 256 Å². The summed E-state index contributed by atoms with van der Waals surface area (Å²) in [5.74, 6) is -0.105. The number of carboxylic acid groups (broad SMARTS) is 1. The number of esters is 2. The number of ether oxygens (including phenoxy) is 2. The van der Waals surface area contributed by atoms with Gasteiger partial charge in [0, 0.05) is 24.9 Å². The molecule has 0 aliphatic heterocycles. The largest absolute Gasteiger partial charge is 0.481 e. The summed E-state index contributed by atoms with van der Waals surface area (Å²) in [7, 11) is -2.28. The maximum absolute atomic E-state index is 12.5. The zero-order valence-electron chi connectivity index (χ0n) is 25.9. The lowest BCUT2D eigenvalue weighted by atomic mass is 9.42. The monoisotopic (exact) mass is 620 g/mol. The molecule has 43 heavy (non-hydrogen) atoms. The average Bonchev–Trinajstić information content (AvgIpc) is 3.34. The summed E-state index contributed by atoms with van der Waals surface area (Å²) >= 11 is 0. The zero-order chi connectivity index (χ0) is 31.4. The Morgan fingerprint density at radius 1 is 1.00 bits per heavy atom. The van der Waals surface area contributed by atoms with Crippen LogP contribution < -0.4 is 0 Å². The summed E-state index contributed by atoms with van der Waals surface area (Å²) < 4.78 is 10.1. The number of aliphatic carboxylic acids is 1. The van der Waals surface area contributed by atoms with Crippen LogP contribution in [0.15, 0.2) is 4.95 Å². The van der Waals surface area contributed by atoms with Gasteiger partial charge in [-0.1, -0.05) is 33.6 Å². The van der Waals surface area contributed by atoms with Gasteiger partial charge in [0.25, 0.3) is 0 Å². The molecular formula is C32H49N2O8P. The van der Waals surface area contributed by atoms with Crippen molar-refractivity contribution in [3.63, 3.8) is 0 Å². The fraction of sp³-hybridized carbons (Fsp3) is 0.875. The number of carbonyl (C=O) groups is 3. The van der Waals surface area contributed by atoms with E-state index in [1.165, 1.54) is 44.9 Å². The third-order valence-electron chi connectivity index (χ3n) is 12.3. The van der Waals surface area contributed by atoms with Crippen molar-refractivity contribution in [2.24, 2.45) is 63.1 Å². The van der Waals surface area contributed by atoms with Crippen molar-refractivity contribution in [2.45, 2.75) is 104 Å². The predicted molar refractivity (Wildman–Crippen MR) is 160 cm³/mol. The van der Waals surface area contributed by atoms with E-state index >= 15 is 0 Å². The Morgan fingerprint density at radius 3 is 2.33 bits per heavy atom. The fourth-order valence-electron chi connectivity index (χ4n) is 10.1. The number of hydrogen-bond donors (Lipinski definition) is 2. The summed E-state index contributed by atoms with van der Waals surface area (Å²) in [6, 6.07) is 2.78. The number of nitroso groups, excluding NO2 is 1. The standard InChI is InChI=1S/C32H49N2O8P/c1-20(7-11-27(35)41-19-42-28(36)12-8-21(30(37)38)18-43(40)34-39)24-9-10-25-29-22(17-33)16-23-6-4-5-14-31(23,2)26(29)13-15-32(24,25)3/h20-26,29,40H,4-16,18-19H2,1-3H3,(H,37,38)/t20-,21?,22?,23?,24?,25?,26?,29?,31?,32?,43?/m1/s1. The minimum absolute atomic E-state index is 0.119. The lowest BCUT2D eigenvalue weighted by molar-refractivity contribution is -0.167. The number of nitriles is 1. The lowest BCUT2D eigenvalue weighted by Crippen LogP contribution is -2.55. The van der Waals surface area contributed by atoms with E-state index in [9.17, 15) is 34.6 Å². The molecule has 4 fully saturated rings. The van der Waals surface area contributed by atoms with E-state index < -0.39 is 38.9 Å². The minimum Gasteiger partial charge on any atom is -0.481 e. The Morgan fingerprint density at radius 2 is 1.67 bits per heavy atom. The summed E-state index contributed by atoms with van der Waals surface area (Å²) in [5.41, 5.74) is 0.559. The van der Waals surface area contributed by atoms with Crippen molar-refractivity contribution >= 4 is 26.2 Å². The normalized spacial score (nSPS) is 36.9. The Balaban J connectivity index is 1.24. The number of carbonyl (C=O) groups excluding carboxylic acids is 2. The van der Waals surface area contributed by atoms with E-state index in [0.29, 0.717) is 47.3 Å². The highest BCUT2D eigenvalue weighted by molar-refractivity contribution is 7.49. The number of rotatable bonds is 13. The van der Waals surface area contributed by atoms with Crippen molar-refractivity contribution in [1.82, 2.24) is 0 Å². The molecule has 4 saturated carbocycles. The summed E-state index contributed by atoms with van der Waals surface area (Å²) in [6.45, 7) is 6.69. The molecule has 11 atom stereocenters. The van der Waals surface area contributed by atoms with Gasteiger partial charge in [-0.25, -0.2) is 0 Å². The van der Waals surface area contributed by atoms with Crippen LogP contribution in [-0.4, -0.2) is 40.9 Å². The molecule has 0 bridgehead atoms. The van der Waals surface area contributed by atoms with E-state index in [1.54, 1.807) is 0 Å². The number of nitrogens with zero attached hydrogens (tertiary/aromatic N) is 2. The first-order chi connectivity index (χ1) is 20.4. The van der Waals surface area contributed by atoms with Gasteiger partial charge in [0.05, 0.1) is 12.0 Å². The highest BCUT2D eigenvalue weighted by Crippen LogP contribution is 2.69. The van der Waals surface area contributed by atoms with E-state index in [1.807, 2.05) is 0 Å². The van der Waals surface area contributed by atoms with Crippen molar-refractivity contribution in [3.05, 3.63) is 4.91 Å². The molecule has 11 heteroatoms. The van der Waals surface area contributed by atoms with Gasteiger partial charge < -0.3 is 19.5 Å². The van der Waals surface area contributed by atoms with Crippen LogP contribution in [0.3, 0.4) is 0 Å². The smallest absolute Gasteiger partial charge is 0.308 e. The highest BCUT2D eigenvalue weighted by atomic mass is 31.2. The lowest BCUT2D eigenvalue weighted by Gasteiger charge is -2.62. The van der Waals surface area contributed by atoms with Crippen LogP contribution in [-0.2, 0) is 23.9 Å². The van der Waals surface area contributed by atoms with Gasteiger partial charge in [0.2, 0.25) is 6.79 Å². The molecule has 0 aromatic heterocycles. The third kappa shape index (κ3) is 7.25. The van der Waals surface area contributed by atoms with E-state index in [4.69, 9.17) is 9.47 Å². The van der Waals surface area contributed by atoms with Gasteiger partial charge in [-0.2, -0.15) is 5.26 Å². The van der Waals surface area contributed by atoms with Gasteiger partial charge in [0.1, 0.15) is 0 Å². The second-order valence-corrected chi connectivity index (χ2v) is 15.6. The Kier molecular flexibility index (Phi) is 11.3. The van der Waals surface area contributed by atoms with Crippen molar-refractivity contribution in [1.29, 1.82) is 5.26 Å². The molecule has 0 spiro atoms. The van der Waals surface area contributed by atoms with Crippen molar-refractivity contribution in [3.8, 4) is 6.07 Å². The topological polar surface area (TPSA) is 163 Å². The summed E-state index contributed by atoms with van der Waals surface area (Å²) in [6.07, 6.45) is 11.2. The number of hydrogen-bond acceptors (Lipinski definition) is 9. The maximum atomic E-state index is 12.5. The molecule has 0 aromatic rings. The first-order valence-corrected chi connectivity index (χ1v) is 17.6. The molecule has 2 N–H and O–H groups in total. The van der Waals surface area contributed by atoms with Crippen LogP contribution in [0.25, 0.3) is 0 Å².